The fourth-order valence-corrected chi connectivity index (χ4v) is 5.82. The summed E-state index contributed by atoms with van der Waals surface area (Å²) in [4.78, 5) is 26.5. The Morgan fingerprint density at radius 2 is 2.09 bits per heavy atom. The van der Waals surface area contributed by atoms with Crippen molar-refractivity contribution in [1.82, 2.24) is 14.9 Å². The molecule has 0 N–H and O–H groups in total. The van der Waals surface area contributed by atoms with E-state index in [1.807, 2.05) is 17.0 Å². The van der Waals surface area contributed by atoms with Crippen LogP contribution in [0.15, 0.2) is 24.5 Å². The number of nitriles is 1. The second-order valence-corrected chi connectivity index (χ2v) is 9.82. The van der Waals surface area contributed by atoms with Crippen LogP contribution >= 0.6 is 0 Å². The smallest absolute Gasteiger partial charge is 0.227 e. The highest BCUT2D eigenvalue weighted by Crippen LogP contribution is 2.39. The van der Waals surface area contributed by atoms with Gasteiger partial charge in [0.2, 0.25) is 5.91 Å². The maximum Gasteiger partial charge on any atom is 0.227 e. The van der Waals surface area contributed by atoms with Crippen LogP contribution in [-0.2, 0) is 29.0 Å². The van der Waals surface area contributed by atoms with E-state index in [4.69, 9.17) is 9.72 Å². The molecule has 1 saturated carbocycles. The number of pyridine rings is 2. The number of rotatable bonds is 4. The van der Waals surface area contributed by atoms with Gasteiger partial charge in [-0.15, -0.1) is 0 Å². The van der Waals surface area contributed by atoms with Crippen LogP contribution in [0.3, 0.4) is 0 Å². The Bertz CT molecular complexity index is 1070. The molecule has 2 aliphatic heterocycles. The van der Waals surface area contributed by atoms with Gasteiger partial charge in [-0.05, 0) is 43.4 Å². The molecular formula is C27H33N5O2. The van der Waals surface area contributed by atoms with Crippen molar-refractivity contribution in [2.45, 2.75) is 70.4 Å². The van der Waals surface area contributed by atoms with Gasteiger partial charge < -0.3 is 14.5 Å². The molecule has 1 amide bonds. The predicted octanol–water partition coefficient (Wildman–Crippen LogP) is 3.75. The number of fused-ring (bicyclic) bond motifs is 1. The number of carbonyl (C=O) groups excluding carboxylic acids is 1. The van der Waals surface area contributed by atoms with Gasteiger partial charge in [0.05, 0.1) is 30.9 Å². The van der Waals surface area contributed by atoms with E-state index >= 15 is 0 Å². The van der Waals surface area contributed by atoms with Crippen molar-refractivity contribution in [2.75, 3.05) is 31.1 Å². The van der Waals surface area contributed by atoms with E-state index in [9.17, 15) is 10.1 Å². The molecule has 1 aliphatic carbocycles. The average Bonchev–Trinajstić information content (AvgIpc) is 2.88. The van der Waals surface area contributed by atoms with Crippen molar-refractivity contribution in [2.24, 2.45) is 0 Å². The highest BCUT2D eigenvalue weighted by Gasteiger charge is 2.33. The van der Waals surface area contributed by atoms with Crippen molar-refractivity contribution in [3.05, 3.63) is 52.5 Å². The summed E-state index contributed by atoms with van der Waals surface area (Å²) in [6, 6.07) is 6.34. The standard InChI is InChI=1S/C27H33N5O2/c1-19-17-31(11-12-32(19)25(33)14-20-6-5-10-29-16-20)27-23(15-28)22-9-13-34-18-24(22)26(30-27)21-7-3-2-4-8-21/h5-6,10,16,19,21H,2-4,7-9,11-14,17-18H2,1H3. The zero-order valence-corrected chi connectivity index (χ0v) is 20.0. The Hall–Kier alpha value is -2.98. The van der Waals surface area contributed by atoms with Gasteiger partial charge in [0, 0.05) is 49.6 Å². The third-order valence-corrected chi connectivity index (χ3v) is 7.60. The molecule has 7 nitrogen and oxygen atoms in total. The highest BCUT2D eigenvalue weighted by atomic mass is 16.5. The summed E-state index contributed by atoms with van der Waals surface area (Å²) in [7, 11) is 0. The normalized spacial score (nSPS) is 21.1. The molecule has 0 spiro atoms. The van der Waals surface area contributed by atoms with Crippen molar-refractivity contribution in [1.29, 1.82) is 5.26 Å². The molecule has 0 radical (unpaired) electrons. The lowest BCUT2D eigenvalue weighted by molar-refractivity contribution is -0.132. The molecule has 1 atom stereocenters. The molecule has 0 bridgehead atoms. The molecule has 4 heterocycles. The second kappa shape index (κ2) is 10.1. The van der Waals surface area contributed by atoms with Crippen LogP contribution in [0.25, 0.3) is 0 Å². The van der Waals surface area contributed by atoms with E-state index in [1.165, 1.54) is 19.3 Å². The van der Waals surface area contributed by atoms with Crippen LogP contribution in [0.4, 0.5) is 5.82 Å². The first kappa shape index (κ1) is 22.8. The minimum Gasteiger partial charge on any atom is -0.376 e. The number of hydrogen-bond acceptors (Lipinski definition) is 6. The number of aromatic nitrogens is 2. The van der Waals surface area contributed by atoms with E-state index in [0.29, 0.717) is 50.8 Å². The first-order chi connectivity index (χ1) is 16.7. The van der Waals surface area contributed by atoms with Crippen LogP contribution in [-0.4, -0.2) is 53.1 Å². The fraction of sp³-hybridized carbons (Fsp3) is 0.556. The van der Waals surface area contributed by atoms with Crippen molar-refractivity contribution in [3.8, 4) is 6.07 Å². The summed E-state index contributed by atoms with van der Waals surface area (Å²) in [5.41, 5.74) is 5.11. The largest absolute Gasteiger partial charge is 0.376 e. The van der Waals surface area contributed by atoms with Gasteiger partial charge in [-0.25, -0.2) is 4.98 Å². The molecule has 1 unspecified atom stereocenters. The Kier molecular flexibility index (Phi) is 6.77. The minimum absolute atomic E-state index is 0.0451. The van der Waals surface area contributed by atoms with Gasteiger partial charge in [0.25, 0.3) is 0 Å². The van der Waals surface area contributed by atoms with Crippen LogP contribution in [0.2, 0.25) is 0 Å². The van der Waals surface area contributed by atoms with Gasteiger partial charge >= 0.3 is 0 Å². The van der Waals surface area contributed by atoms with Crippen molar-refractivity contribution in [3.63, 3.8) is 0 Å². The lowest BCUT2D eigenvalue weighted by Crippen LogP contribution is -2.55. The van der Waals surface area contributed by atoms with E-state index < -0.39 is 0 Å². The van der Waals surface area contributed by atoms with Gasteiger partial charge in [0.15, 0.2) is 0 Å². The summed E-state index contributed by atoms with van der Waals surface area (Å²) in [5, 5.41) is 10.1. The summed E-state index contributed by atoms with van der Waals surface area (Å²) in [5.74, 6) is 1.39. The molecule has 5 rings (SSSR count). The van der Waals surface area contributed by atoms with Crippen molar-refractivity contribution < 1.29 is 9.53 Å². The molecule has 178 valence electrons. The van der Waals surface area contributed by atoms with E-state index in [1.54, 1.807) is 12.4 Å². The summed E-state index contributed by atoms with van der Waals surface area (Å²) in [6.45, 7) is 5.31. The number of hydrogen-bond donors (Lipinski definition) is 0. The number of carbonyl (C=O) groups is 1. The topological polar surface area (TPSA) is 82.4 Å². The maximum atomic E-state index is 13.0. The quantitative estimate of drug-likeness (QED) is 0.693. The second-order valence-electron chi connectivity index (χ2n) is 9.82. The lowest BCUT2D eigenvalue weighted by atomic mass is 9.82. The maximum absolute atomic E-state index is 13.0. The molecule has 34 heavy (non-hydrogen) atoms. The third-order valence-electron chi connectivity index (χ3n) is 7.60. The number of piperazine rings is 1. The van der Waals surface area contributed by atoms with Gasteiger partial charge in [-0.3, -0.25) is 9.78 Å². The summed E-state index contributed by atoms with van der Waals surface area (Å²) in [6.07, 6.45) is 10.7. The predicted molar refractivity (Wildman–Crippen MR) is 129 cm³/mol. The van der Waals surface area contributed by atoms with Crippen molar-refractivity contribution >= 4 is 11.7 Å². The third kappa shape index (κ3) is 4.52. The average molecular weight is 460 g/mol. The van der Waals surface area contributed by atoms with Crippen LogP contribution in [0.1, 0.15) is 72.9 Å². The molecule has 7 heteroatoms. The van der Waals surface area contributed by atoms with E-state index in [2.05, 4.69) is 22.9 Å². The Labute approximate surface area is 201 Å². The number of amides is 1. The molecule has 1 saturated heterocycles. The zero-order valence-electron chi connectivity index (χ0n) is 20.0. The highest BCUT2D eigenvalue weighted by molar-refractivity contribution is 5.79. The molecule has 0 aromatic carbocycles. The Balaban J connectivity index is 1.40. The summed E-state index contributed by atoms with van der Waals surface area (Å²) < 4.78 is 5.81. The molecule has 2 fully saturated rings. The SMILES string of the molecule is CC1CN(c2nc(C3CCCCC3)c3c(c2C#N)CCOC3)CCN1C(=O)Cc1cccnc1. The summed E-state index contributed by atoms with van der Waals surface area (Å²) >= 11 is 0. The lowest BCUT2D eigenvalue weighted by Gasteiger charge is -2.41. The molecule has 3 aliphatic rings. The number of nitrogens with zero attached hydrogens (tertiary/aromatic N) is 5. The molecular weight excluding hydrogens is 426 g/mol. The van der Waals surface area contributed by atoms with Gasteiger partial charge in [0.1, 0.15) is 11.9 Å². The van der Waals surface area contributed by atoms with Crippen LogP contribution in [0, 0.1) is 11.3 Å². The van der Waals surface area contributed by atoms with E-state index in [0.717, 1.165) is 47.5 Å². The Morgan fingerprint density at radius 1 is 1.24 bits per heavy atom. The first-order valence-corrected chi connectivity index (χ1v) is 12.6. The number of ether oxygens (including phenoxy) is 1. The fourth-order valence-electron chi connectivity index (χ4n) is 5.82. The monoisotopic (exact) mass is 459 g/mol. The Morgan fingerprint density at radius 3 is 2.82 bits per heavy atom. The van der Waals surface area contributed by atoms with Crippen LogP contribution < -0.4 is 4.90 Å². The zero-order chi connectivity index (χ0) is 23.5. The minimum atomic E-state index is 0.0451. The van der Waals surface area contributed by atoms with Crippen LogP contribution in [0.5, 0.6) is 0 Å². The molecule has 2 aromatic rings. The van der Waals surface area contributed by atoms with E-state index in [-0.39, 0.29) is 11.9 Å². The first-order valence-electron chi connectivity index (χ1n) is 12.6. The van der Waals surface area contributed by atoms with Gasteiger partial charge in [-0.2, -0.15) is 5.26 Å². The number of anilines is 1. The molecule has 2 aromatic heterocycles. The van der Waals surface area contributed by atoms with Gasteiger partial charge in [-0.1, -0.05) is 25.3 Å².